The summed E-state index contributed by atoms with van der Waals surface area (Å²) in [5, 5.41) is 4.18. The maximum absolute atomic E-state index is 5.70. The van der Waals surface area contributed by atoms with Gasteiger partial charge in [-0.25, -0.2) is 0 Å². The van der Waals surface area contributed by atoms with Crippen LogP contribution in [-0.2, 0) is 0 Å². The molecule has 0 spiro atoms. The van der Waals surface area contributed by atoms with E-state index >= 15 is 0 Å². The SMILES string of the molecule is CN/C=C(Cl)/C=C\C=C(/C)Cl. The summed E-state index contributed by atoms with van der Waals surface area (Å²) in [4.78, 5) is 0. The van der Waals surface area contributed by atoms with Gasteiger partial charge in [-0.05, 0) is 19.1 Å². The second kappa shape index (κ2) is 6.32. The van der Waals surface area contributed by atoms with Crippen LogP contribution in [-0.4, -0.2) is 7.05 Å². The highest BCUT2D eigenvalue weighted by molar-refractivity contribution is 6.31. The van der Waals surface area contributed by atoms with Crippen LogP contribution in [0.3, 0.4) is 0 Å². The molecule has 0 bridgehead atoms. The third kappa shape index (κ3) is 7.50. The van der Waals surface area contributed by atoms with Crippen LogP contribution in [0, 0.1) is 0 Å². The van der Waals surface area contributed by atoms with Crippen LogP contribution in [0.15, 0.2) is 34.5 Å². The number of hydrogen-bond donors (Lipinski definition) is 1. The summed E-state index contributed by atoms with van der Waals surface area (Å²) in [5.41, 5.74) is 0. The molecule has 0 heterocycles. The van der Waals surface area contributed by atoms with Gasteiger partial charge in [0, 0.05) is 18.3 Å². The Morgan fingerprint density at radius 1 is 1.36 bits per heavy atom. The first-order valence-electron chi connectivity index (χ1n) is 3.20. The summed E-state index contributed by atoms with van der Waals surface area (Å²) >= 11 is 11.3. The molecule has 1 nitrogen and oxygen atoms in total. The molecule has 11 heavy (non-hydrogen) atoms. The monoisotopic (exact) mass is 191 g/mol. The zero-order valence-electron chi connectivity index (χ0n) is 6.57. The Morgan fingerprint density at radius 3 is 2.45 bits per heavy atom. The van der Waals surface area contributed by atoms with Crippen molar-refractivity contribution in [1.82, 2.24) is 5.32 Å². The van der Waals surface area contributed by atoms with Gasteiger partial charge in [0.2, 0.25) is 0 Å². The average molecular weight is 192 g/mol. The van der Waals surface area contributed by atoms with E-state index < -0.39 is 0 Å². The Kier molecular flexibility index (Phi) is 6.09. The molecule has 3 heteroatoms. The van der Waals surface area contributed by atoms with Gasteiger partial charge in [0.25, 0.3) is 0 Å². The second-order valence-corrected chi connectivity index (χ2v) is 2.96. The molecule has 0 aliphatic carbocycles. The van der Waals surface area contributed by atoms with E-state index in [0.717, 1.165) is 5.03 Å². The molecule has 0 rings (SSSR count). The van der Waals surface area contributed by atoms with Crippen molar-refractivity contribution in [2.24, 2.45) is 0 Å². The average Bonchev–Trinajstić information content (AvgIpc) is 1.87. The van der Waals surface area contributed by atoms with E-state index in [-0.39, 0.29) is 0 Å². The molecule has 0 radical (unpaired) electrons. The van der Waals surface area contributed by atoms with Gasteiger partial charge in [0.05, 0.1) is 5.03 Å². The molecule has 0 aromatic rings. The van der Waals surface area contributed by atoms with Crippen LogP contribution in [0.25, 0.3) is 0 Å². The fraction of sp³-hybridized carbons (Fsp3) is 0.250. The highest BCUT2D eigenvalue weighted by atomic mass is 35.5. The topological polar surface area (TPSA) is 12.0 Å². The standard InChI is InChI=1S/C8H11Cl2N/c1-7(9)4-3-5-8(10)6-11-2/h3-6,11H,1-2H3/b5-3-,7-4+,8-6-. The van der Waals surface area contributed by atoms with E-state index in [4.69, 9.17) is 23.2 Å². The molecular weight excluding hydrogens is 181 g/mol. The molecule has 62 valence electrons. The molecule has 0 amide bonds. The zero-order chi connectivity index (χ0) is 8.69. The molecule has 0 saturated heterocycles. The summed E-state index contributed by atoms with van der Waals surface area (Å²) in [5.74, 6) is 0. The Morgan fingerprint density at radius 2 is 2.00 bits per heavy atom. The van der Waals surface area contributed by atoms with Crippen LogP contribution in [0.2, 0.25) is 0 Å². The number of hydrogen-bond acceptors (Lipinski definition) is 1. The minimum Gasteiger partial charge on any atom is -0.393 e. The lowest BCUT2D eigenvalue weighted by molar-refractivity contribution is 1.10. The lowest BCUT2D eigenvalue weighted by Crippen LogP contribution is -1.91. The zero-order valence-corrected chi connectivity index (χ0v) is 8.08. The number of nitrogens with one attached hydrogen (secondary N) is 1. The van der Waals surface area contributed by atoms with Crippen molar-refractivity contribution in [3.8, 4) is 0 Å². The lowest BCUT2D eigenvalue weighted by Gasteiger charge is -1.87. The van der Waals surface area contributed by atoms with Gasteiger partial charge >= 0.3 is 0 Å². The third-order valence-electron chi connectivity index (χ3n) is 0.864. The van der Waals surface area contributed by atoms with Crippen molar-refractivity contribution >= 4 is 23.2 Å². The minimum atomic E-state index is 0.640. The van der Waals surface area contributed by atoms with Crippen LogP contribution >= 0.6 is 23.2 Å². The van der Waals surface area contributed by atoms with E-state index in [2.05, 4.69) is 5.32 Å². The van der Waals surface area contributed by atoms with Crippen LogP contribution in [0.1, 0.15) is 6.92 Å². The first kappa shape index (κ1) is 10.6. The predicted molar refractivity (Wildman–Crippen MR) is 51.7 cm³/mol. The normalized spacial score (nSPS) is 14.2. The largest absolute Gasteiger partial charge is 0.393 e. The maximum Gasteiger partial charge on any atom is 0.0562 e. The molecule has 0 unspecified atom stereocenters. The molecular formula is C8H11Cl2N. The van der Waals surface area contributed by atoms with Crippen LogP contribution in [0.5, 0.6) is 0 Å². The second-order valence-electron chi connectivity index (χ2n) is 1.93. The number of allylic oxidation sites excluding steroid dienone is 5. The van der Waals surface area contributed by atoms with Crippen molar-refractivity contribution in [2.45, 2.75) is 6.92 Å². The molecule has 0 atom stereocenters. The van der Waals surface area contributed by atoms with Gasteiger partial charge in [-0.15, -0.1) is 0 Å². The summed E-state index contributed by atoms with van der Waals surface area (Å²) in [7, 11) is 1.79. The molecule has 0 aromatic heterocycles. The fourth-order valence-electron chi connectivity index (χ4n) is 0.459. The summed E-state index contributed by atoms with van der Waals surface area (Å²) < 4.78 is 0. The van der Waals surface area contributed by atoms with Crippen molar-refractivity contribution in [1.29, 1.82) is 0 Å². The molecule has 0 fully saturated rings. The van der Waals surface area contributed by atoms with Crippen molar-refractivity contribution in [2.75, 3.05) is 7.05 Å². The van der Waals surface area contributed by atoms with Crippen molar-refractivity contribution < 1.29 is 0 Å². The summed E-state index contributed by atoms with van der Waals surface area (Å²) in [6.45, 7) is 1.81. The van der Waals surface area contributed by atoms with E-state index in [0.29, 0.717) is 5.03 Å². The van der Waals surface area contributed by atoms with E-state index in [9.17, 15) is 0 Å². The number of rotatable bonds is 3. The van der Waals surface area contributed by atoms with Gasteiger partial charge in [-0.3, -0.25) is 0 Å². The van der Waals surface area contributed by atoms with Gasteiger partial charge < -0.3 is 5.32 Å². The fourth-order valence-corrected chi connectivity index (χ4v) is 0.713. The van der Waals surface area contributed by atoms with Gasteiger partial charge in [0.15, 0.2) is 0 Å². The van der Waals surface area contributed by atoms with Gasteiger partial charge in [0.1, 0.15) is 0 Å². The Labute approximate surface area is 77.4 Å². The van der Waals surface area contributed by atoms with Gasteiger partial charge in [-0.2, -0.15) is 0 Å². The first-order chi connectivity index (χ1) is 5.16. The highest BCUT2D eigenvalue weighted by Crippen LogP contribution is 2.03. The van der Waals surface area contributed by atoms with Crippen LogP contribution < -0.4 is 5.32 Å². The van der Waals surface area contributed by atoms with E-state index in [1.807, 2.05) is 6.92 Å². The predicted octanol–water partition coefficient (Wildman–Crippen LogP) is 2.98. The first-order valence-corrected chi connectivity index (χ1v) is 3.96. The summed E-state index contributed by atoms with van der Waals surface area (Å²) in [6, 6.07) is 0. The molecule has 0 aliphatic rings. The quantitative estimate of drug-likeness (QED) is 0.677. The molecule has 1 N–H and O–H groups in total. The lowest BCUT2D eigenvalue weighted by atomic mass is 10.4. The van der Waals surface area contributed by atoms with E-state index in [1.165, 1.54) is 0 Å². The van der Waals surface area contributed by atoms with Crippen molar-refractivity contribution in [3.05, 3.63) is 34.5 Å². The third-order valence-corrected chi connectivity index (χ3v) is 1.22. The molecule has 0 aromatic carbocycles. The number of halogens is 2. The molecule has 0 saturated carbocycles. The van der Waals surface area contributed by atoms with Crippen LogP contribution in [0.4, 0.5) is 0 Å². The maximum atomic E-state index is 5.70. The minimum absolute atomic E-state index is 0.640. The molecule has 0 aliphatic heterocycles. The Hall–Kier alpha value is -0.400. The smallest absolute Gasteiger partial charge is 0.0562 e. The van der Waals surface area contributed by atoms with E-state index in [1.54, 1.807) is 31.5 Å². The van der Waals surface area contributed by atoms with Crippen molar-refractivity contribution in [3.63, 3.8) is 0 Å². The summed E-state index contributed by atoms with van der Waals surface area (Å²) in [6.07, 6.45) is 7.01. The Bertz CT molecular complexity index is 188. The van der Waals surface area contributed by atoms with Gasteiger partial charge in [-0.1, -0.05) is 29.3 Å². The highest BCUT2D eigenvalue weighted by Gasteiger charge is 1.80. The Balaban J connectivity index is 3.93.